The van der Waals surface area contributed by atoms with Crippen molar-refractivity contribution in [3.8, 4) is 5.75 Å². The Bertz CT molecular complexity index is 1010. The largest absolute Gasteiger partial charge is 0.497 e. The van der Waals surface area contributed by atoms with Crippen LogP contribution in [0, 0.1) is 0 Å². The molecule has 1 aliphatic heterocycles. The maximum Gasteiger partial charge on any atom is 0.225 e. The molecule has 0 radical (unpaired) electrons. The second-order valence-electron chi connectivity index (χ2n) is 7.24. The summed E-state index contributed by atoms with van der Waals surface area (Å²) in [5, 5.41) is 5.81. The smallest absolute Gasteiger partial charge is 0.225 e. The molecule has 8 heteroatoms. The molecule has 3 aromatic rings. The Kier molecular flexibility index (Phi) is 8.27. The van der Waals surface area contributed by atoms with Crippen molar-refractivity contribution in [1.82, 2.24) is 20.2 Å². The van der Waals surface area contributed by atoms with Gasteiger partial charge in [-0.15, -0.1) is 24.0 Å². The van der Waals surface area contributed by atoms with Crippen LogP contribution in [0.5, 0.6) is 5.75 Å². The number of fused-ring (bicyclic) bond motifs is 1. The third-order valence-electron chi connectivity index (χ3n) is 5.27. The number of aliphatic imine (C=N–C) groups is 1. The number of ether oxygens (including phenoxy) is 1. The van der Waals surface area contributed by atoms with Gasteiger partial charge in [0.25, 0.3) is 0 Å². The van der Waals surface area contributed by atoms with Crippen LogP contribution in [0.15, 0.2) is 59.9 Å². The van der Waals surface area contributed by atoms with E-state index >= 15 is 0 Å². The number of hydrogen-bond acceptors (Lipinski definition) is 5. The highest BCUT2D eigenvalue weighted by molar-refractivity contribution is 14.0. The third kappa shape index (κ3) is 5.75. The van der Waals surface area contributed by atoms with Crippen LogP contribution in [0.3, 0.4) is 0 Å². The van der Waals surface area contributed by atoms with Crippen molar-refractivity contribution in [3.63, 3.8) is 0 Å². The van der Waals surface area contributed by atoms with Gasteiger partial charge >= 0.3 is 0 Å². The number of anilines is 1. The number of halogens is 1. The van der Waals surface area contributed by atoms with E-state index in [-0.39, 0.29) is 24.0 Å². The lowest BCUT2D eigenvalue weighted by atomic mass is 10.1. The molecule has 1 saturated heterocycles. The Morgan fingerprint density at radius 1 is 1.03 bits per heavy atom. The van der Waals surface area contributed by atoms with Gasteiger partial charge in [-0.05, 0) is 47.5 Å². The fraction of sp³-hybridized carbons (Fsp3) is 0.348. The molecule has 0 saturated carbocycles. The van der Waals surface area contributed by atoms with Crippen molar-refractivity contribution in [1.29, 1.82) is 0 Å². The van der Waals surface area contributed by atoms with Crippen molar-refractivity contribution in [2.24, 2.45) is 4.99 Å². The van der Waals surface area contributed by atoms with E-state index in [1.54, 1.807) is 19.5 Å². The molecule has 4 rings (SSSR count). The summed E-state index contributed by atoms with van der Waals surface area (Å²) >= 11 is 0. The lowest BCUT2D eigenvalue weighted by Crippen LogP contribution is -2.52. The Morgan fingerprint density at radius 2 is 1.74 bits per heavy atom. The number of piperazine rings is 1. The molecule has 0 unspecified atom stereocenters. The SMILES string of the molecule is CCNC(=NCc1ccc2cc(OC)ccc2c1)N1CCN(c2ncccn2)CC1.I. The predicted octanol–water partition coefficient (Wildman–Crippen LogP) is 3.54. The number of methoxy groups -OCH3 is 1. The summed E-state index contributed by atoms with van der Waals surface area (Å²) in [5.74, 6) is 2.63. The van der Waals surface area contributed by atoms with E-state index in [9.17, 15) is 0 Å². The first kappa shape index (κ1) is 23.1. The molecule has 0 amide bonds. The molecule has 0 bridgehead atoms. The van der Waals surface area contributed by atoms with E-state index in [2.05, 4.69) is 62.3 Å². The van der Waals surface area contributed by atoms with Gasteiger partial charge in [0, 0.05) is 45.1 Å². The van der Waals surface area contributed by atoms with Gasteiger partial charge in [-0.3, -0.25) is 0 Å². The number of benzene rings is 2. The van der Waals surface area contributed by atoms with Gasteiger partial charge in [0.2, 0.25) is 5.95 Å². The average Bonchev–Trinajstić information content (AvgIpc) is 2.82. The lowest BCUT2D eigenvalue weighted by molar-refractivity contribution is 0.370. The highest BCUT2D eigenvalue weighted by atomic mass is 127. The van der Waals surface area contributed by atoms with Gasteiger partial charge in [-0.1, -0.05) is 18.2 Å². The van der Waals surface area contributed by atoms with Gasteiger partial charge in [-0.2, -0.15) is 0 Å². The molecule has 2 heterocycles. The highest BCUT2D eigenvalue weighted by Crippen LogP contribution is 2.22. The standard InChI is InChI=1S/C23H28N6O.HI/c1-3-24-22(28-11-13-29(14-12-28)23-25-9-4-10-26-23)27-17-18-5-6-20-16-21(30-2)8-7-19(20)15-18;/h4-10,15-16H,3,11-14,17H2,1-2H3,(H,24,27);1H. The summed E-state index contributed by atoms with van der Waals surface area (Å²) in [7, 11) is 1.69. The van der Waals surface area contributed by atoms with Gasteiger partial charge in [0.1, 0.15) is 5.75 Å². The van der Waals surface area contributed by atoms with Gasteiger partial charge in [-0.25, -0.2) is 15.0 Å². The summed E-state index contributed by atoms with van der Waals surface area (Å²) in [5.41, 5.74) is 1.19. The van der Waals surface area contributed by atoms with Crippen LogP contribution >= 0.6 is 24.0 Å². The minimum atomic E-state index is 0. The zero-order valence-electron chi connectivity index (χ0n) is 18.0. The monoisotopic (exact) mass is 532 g/mol. The number of hydrogen-bond donors (Lipinski definition) is 1. The molecule has 1 aliphatic rings. The molecule has 2 aromatic carbocycles. The second-order valence-corrected chi connectivity index (χ2v) is 7.24. The summed E-state index contributed by atoms with van der Waals surface area (Å²) in [6.07, 6.45) is 3.58. The molecule has 1 N–H and O–H groups in total. The molecular formula is C23H29IN6O. The van der Waals surface area contributed by atoms with Crippen LogP contribution in [-0.2, 0) is 6.54 Å². The van der Waals surface area contributed by atoms with Crippen molar-refractivity contribution in [2.75, 3.05) is 44.7 Å². The van der Waals surface area contributed by atoms with Crippen LogP contribution < -0.4 is 15.0 Å². The molecule has 0 atom stereocenters. The fourth-order valence-corrected chi connectivity index (χ4v) is 3.66. The summed E-state index contributed by atoms with van der Waals surface area (Å²) in [4.78, 5) is 18.2. The second kappa shape index (κ2) is 11.1. The summed E-state index contributed by atoms with van der Waals surface area (Å²) < 4.78 is 5.31. The van der Waals surface area contributed by atoms with Crippen molar-refractivity contribution >= 4 is 46.7 Å². The molecular weight excluding hydrogens is 503 g/mol. The normalized spacial score (nSPS) is 14.3. The number of aromatic nitrogens is 2. The quantitative estimate of drug-likeness (QED) is 0.308. The molecule has 7 nitrogen and oxygen atoms in total. The topological polar surface area (TPSA) is 65.9 Å². The minimum Gasteiger partial charge on any atom is -0.497 e. The first-order valence-electron chi connectivity index (χ1n) is 10.4. The van der Waals surface area contributed by atoms with E-state index in [4.69, 9.17) is 9.73 Å². The molecule has 164 valence electrons. The minimum absolute atomic E-state index is 0. The van der Waals surface area contributed by atoms with Crippen molar-refractivity contribution in [2.45, 2.75) is 13.5 Å². The molecule has 1 aromatic heterocycles. The predicted molar refractivity (Wildman–Crippen MR) is 137 cm³/mol. The van der Waals surface area contributed by atoms with Crippen molar-refractivity contribution < 1.29 is 4.74 Å². The molecule has 31 heavy (non-hydrogen) atoms. The zero-order valence-corrected chi connectivity index (χ0v) is 20.3. The van der Waals surface area contributed by atoms with E-state index in [0.717, 1.165) is 50.4 Å². The zero-order chi connectivity index (χ0) is 20.8. The van der Waals surface area contributed by atoms with Crippen LogP contribution in [0.4, 0.5) is 5.95 Å². The summed E-state index contributed by atoms with van der Waals surface area (Å²) in [6.45, 7) is 7.14. The molecule has 0 aliphatic carbocycles. The van der Waals surface area contributed by atoms with Gasteiger partial charge in [0.05, 0.1) is 13.7 Å². The number of nitrogens with zero attached hydrogens (tertiary/aromatic N) is 5. The number of rotatable bonds is 5. The number of nitrogens with one attached hydrogen (secondary N) is 1. The lowest BCUT2D eigenvalue weighted by Gasteiger charge is -2.36. The van der Waals surface area contributed by atoms with Crippen LogP contribution in [0.25, 0.3) is 10.8 Å². The number of guanidine groups is 1. The van der Waals surface area contributed by atoms with Crippen molar-refractivity contribution in [3.05, 3.63) is 60.4 Å². The van der Waals surface area contributed by atoms with E-state index in [1.165, 1.54) is 16.3 Å². The first-order chi connectivity index (χ1) is 14.8. The Balaban J connectivity index is 0.00000272. The van der Waals surface area contributed by atoms with E-state index < -0.39 is 0 Å². The van der Waals surface area contributed by atoms with Gasteiger partial charge < -0.3 is 19.9 Å². The maximum absolute atomic E-state index is 5.31. The van der Waals surface area contributed by atoms with Crippen LogP contribution in [0.2, 0.25) is 0 Å². The van der Waals surface area contributed by atoms with E-state index in [1.807, 2.05) is 12.1 Å². The maximum atomic E-state index is 5.31. The average molecular weight is 532 g/mol. The fourth-order valence-electron chi connectivity index (χ4n) is 3.66. The summed E-state index contributed by atoms with van der Waals surface area (Å²) in [6, 6.07) is 14.5. The first-order valence-corrected chi connectivity index (χ1v) is 10.4. The van der Waals surface area contributed by atoms with Crippen LogP contribution in [-0.4, -0.2) is 60.7 Å². The van der Waals surface area contributed by atoms with Crippen LogP contribution in [0.1, 0.15) is 12.5 Å². The third-order valence-corrected chi connectivity index (χ3v) is 5.27. The van der Waals surface area contributed by atoms with E-state index in [0.29, 0.717) is 6.54 Å². The molecule has 0 spiro atoms. The highest BCUT2D eigenvalue weighted by Gasteiger charge is 2.21. The Hall–Kier alpha value is -2.62. The van der Waals surface area contributed by atoms with Gasteiger partial charge in [0.15, 0.2) is 5.96 Å². The Morgan fingerprint density at radius 3 is 2.45 bits per heavy atom. The molecule has 1 fully saturated rings. The Labute approximate surface area is 200 Å².